The second-order valence-corrected chi connectivity index (χ2v) is 8.06. The minimum Gasteiger partial charge on any atom is -0.456 e. The predicted octanol–water partition coefficient (Wildman–Crippen LogP) is 3.92. The number of nitrogens with zero attached hydrogens (tertiary/aromatic N) is 1. The summed E-state index contributed by atoms with van der Waals surface area (Å²) in [5.74, 6) is 0.560. The minimum absolute atomic E-state index is 0.113. The van der Waals surface area contributed by atoms with E-state index >= 15 is 0 Å². The highest BCUT2D eigenvalue weighted by Crippen LogP contribution is 2.36. The van der Waals surface area contributed by atoms with Crippen molar-refractivity contribution >= 4 is 61.6 Å². The van der Waals surface area contributed by atoms with Crippen LogP contribution in [0.1, 0.15) is 17.6 Å². The molecule has 0 saturated heterocycles. The first kappa shape index (κ1) is 19.2. The zero-order valence-electron chi connectivity index (χ0n) is 14.0. The molecule has 0 aliphatic rings. The summed E-state index contributed by atoms with van der Waals surface area (Å²) < 4.78 is 6.74. The molecule has 26 heavy (non-hydrogen) atoms. The van der Waals surface area contributed by atoms with Gasteiger partial charge in [-0.25, -0.2) is 4.98 Å². The molecule has 3 aromatic heterocycles. The Bertz CT molecular complexity index is 913. The Labute approximate surface area is 168 Å². The van der Waals surface area contributed by atoms with Crippen LogP contribution in [0, 0.1) is 0 Å². The van der Waals surface area contributed by atoms with Crippen molar-refractivity contribution in [3.63, 3.8) is 0 Å². The van der Waals surface area contributed by atoms with Gasteiger partial charge in [0.25, 0.3) is 0 Å². The normalized spacial score (nSPS) is 12.3. The molecule has 0 saturated carbocycles. The molecule has 0 aliphatic carbocycles. The lowest BCUT2D eigenvalue weighted by atomic mass is 10.2. The van der Waals surface area contributed by atoms with Crippen LogP contribution < -0.4 is 16.4 Å². The number of amides is 1. The van der Waals surface area contributed by atoms with Crippen LogP contribution in [0.4, 0.5) is 5.69 Å². The summed E-state index contributed by atoms with van der Waals surface area (Å²) in [5, 5.41) is 8.46. The maximum atomic E-state index is 11.0. The number of anilines is 1. The van der Waals surface area contributed by atoms with Gasteiger partial charge < -0.3 is 20.8 Å². The van der Waals surface area contributed by atoms with Crippen molar-refractivity contribution in [2.75, 3.05) is 11.9 Å². The largest absolute Gasteiger partial charge is 0.456 e. The Balaban J connectivity index is 1.84. The maximum Gasteiger partial charge on any atom is 0.216 e. The molecule has 6 nitrogen and oxygen atoms in total. The van der Waals surface area contributed by atoms with Crippen molar-refractivity contribution in [3.8, 4) is 0 Å². The van der Waals surface area contributed by atoms with E-state index < -0.39 is 0 Å². The molecule has 0 aromatic carbocycles. The SMILES string of the molecule is CC(=O)NC[C@H](N)Cc1oc2c(NCc3cccs3)cc(Cl)nc2c1Br. The highest BCUT2D eigenvalue weighted by molar-refractivity contribution is 9.10. The number of carbonyl (C=O) groups is 1. The van der Waals surface area contributed by atoms with E-state index in [0.29, 0.717) is 41.5 Å². The molecule has 9 heteroatoms. The van der Waals surface area contributed by atoms with Gasteiger partial charge in [0.1, 0.15) is 16.4 Å². The summed E-state index contributed by atoms with van der Waals surface area (Å²) in [5.41, 5.74) is 8.12. The number of rotatable bonds is 7. The number of carbonyl (C=O) groups excluding carboxylic acids is 1. The van der Waals surface area contributed by atoms with Gasteiger partial charge in [-0.15, -0.1) is 11.3 Å². The molecule has 1 atom stereocenters. The molecule has 0 bridgehead atoms. The zero-order valence-corrected chi connectivity index (χ0v) is 17.2. The molecular weight excluding hydrogens is 440 g/mol. The summed E-state index contributed by atoms with van der Waals surface area (Å²) in [6, 6.07) is 5.54. The number of hydrogen-bond acceptors (Lipinski definition) is 6. The lowest BCUT2D eigenvalue weighted by molar-refractivity contribution is -0.119. The van der Waals surface area contributed by atoms with Crippen molar-refractivity contribution in [1.29, 1.82) is 0 Å². The van der Waals surface area contributed by atoms with Gasteiger partial charge in [0, 0.05) is 43.4 Å². The number of nitrogens with one attached hydrogen (secondary N) is 2. The van der Waals surface area contributed by atoms with Crippen LogP contribution in [0.25, 0.3) is 11.1 Å². The number of aromatic nitrogens is 1. The van der Waals surface area contributed by atoms with E-state index in [0.717, 1.165) is 10.2 Å². The highest BCUT2D eigenvalue weighted by atomic mass is 79.9. The van der Waals surface area contributed by atoms with Gasteiger partial charge in [-0.1, -0.05) is 17.7 Å². The predicted molar refractivity (Wildman–Crippen MR) is 109 cm³/mol. The van der Waals surface area contributed by atoms with Crippen LogP contribution >= 0.6 is 38.9 Å². The van der Waals surface area contributed by atoms with Crippen LogP contribution in [-0.2, 0) is 17.8 Å². The fourth-order valence-corrected chi connectivity index (χ4v) is 3.85. The average Bonchev–Trinajstić information content (AvgIpc) is 3.21. The first-order chi connectivity index (χ1) is 12.4. The van der Waals surface area contributed by atoms with Gasteiger partial charge in [0.05, 0.1) is 10.2 Å². The van der Waals surface area contributed by atoms with E-state index in [-0.39, 0.29) is 11.9 Å². The van der Waals surface area contributed by atoms with Gasteiger partial charge in [-0.2, -0.15) is 0 Å². The molecule has 0 fully saturated rings. The van der Waals surface area contributed by atoms with E-state index in [1.165, 1.54) is 11.8 Å². The third-order valence-electron chi connectivity index (χ3n) is 3.71. The number of pyridine rings is 1. The second-order valence-electron chi connectivity index (χ2n) is 5.84. The standard InChI is InChI=1S/C17H18BrClN4O2S/c1-9(24)21-7-10(20)5-13-15(18)16-17(25-13)12(6-14(19)23-16)22-8-11-3-2-4-26-11/h2-4,6,10H,5,7-8,20H2,1H3,(H,21,24)(H,22,23)/t10-/m1/s1. The van der Waals surface area contributed by atoms with Gasteiger partial charge in [0.2, 0.25) is 5.91 Å². The first-order valence-electron chi connectivity index (χ1n) is 7.97. The van der Waals surface area contributed by atoms with Crippen LogP contribution in [0.15, 0.2) is 32.5 Å². The highest BCUT2D eigenvalue weighted by Gasteiger charge is 2.19. The molecule has 4 N–H and O–H groups in total. The lowest BCUT2D eigenvalue weighted by Gasteiger charge is -2.10. The fraction of sp³-hybridized carbons (Fsp3) is 0.294. The quantitative estimate of drug-likeness (QED) is 0.468. The molecule has 138 valence electrons. The molecule has 3 rings (SSSR count). The molecule has 0 aliphatic heterocycles. The molecule has 0 radical (unpaired) electrons. The Kier molecular flexibility index (Phi) is 6.18. The fourth-order valence-electron chi connectivity index (χ4n) is 2.50. The number of hydrogen-bond donors (Lipinski definition) is 3. The van der Waals surface area contributed by atoms with Gasteiger partial charge in [-0.3, -0.25) is 4.79 Å². The second kappa shape index (κ2) is 8.39. The molecule has 1 amide bonds. The number of halogens is 2. The van der Waals surface area contributed by atoms with E-state index in [4.69, 9.17) is 21.8 Å². The molecule has 3 heterocycles. The van der Waals surface area contributed by atoms with Gasteiger partial charge in [0.15, 0.2) is 5.58 Å². The number of fused-ring (bicyclic) bond motifs is 1. The Morgan fingerprint density at radius 3 is 3.04 bits per heavy atom. The van der Waals surface area contributed by atoms with Crippen molar-refractivity contribution in [1.82, 2.24) is 10.3 Å². The zero-order chi connectivity index (χ0) is 18.7. The summed E-state index contributed by atoms with van der Waals surface area (Å²) >= 11 is 11.4. The number of furan rings is 1. The van der Waals surface area contributed by atoms with Crippen LogP contribution in [0.5, 0.6) is 0 Å². The summed E-state index contributed by atoms with van der Waals surface area (Å²) in [7, 11) is 0. The van der Waals surface area contributed by atoms with Crippen molar-refractivity contribution in [2.24, 2.45) is 5.73 Å². The van der Waals surface area contributed by atoms with Gasteiger partial charge >= 0.3 is 0 Å². The molecule has 3 aromatic rings. The van der Waals surface area contributed by atoms with Crippen molar-refractivity contribution in [2.45, 2.75) is 25.9 Å². The smallest absolute Gasteiger partial charge is 0.216 e. The molecule has 0 spiro atoms. The monoisotopic (exact) mass is 456 g/mol. The number of thiophene rings is 1. The topological polar surface area (TPSA) is 93.2 Å². The van der Waals surface area contributed by atoms with Gasteiger partial charge in [-0.05, 0) is 27.4 Å². The van der Waals surface area contributed by atoms with Crippen LogP contribution in [0.3, 0.4) is 0 Å². The average molecular weight is 458 g/mol. The molecular formula is C17H18BrClN4O2S. The van der Waals surface area contributed by atoms with E-state index in [9.17, 15) is 4.79 Å². The van der Waals surface area contributed by atoms with Crippen LogP contribution in [-0.4, -0.2) is 23.5 Å². The maximum absolute atomic E-state index is 11.0. The van der Waals surface area contributed by atoms with E-state index in [1.807, 2.05) is 11.4 Å². The van der Waals surface area contributed by atoms with E-state index in [1.54, 1.807) is 17.4 Å². The molecule has 0 unspecified atom stereocenters. The summed E-state index contributed by atoms with van der Waals surface area (Å²) in [6.07, 6.45) is 0.458. The summed E-state index contributed by atoms with van der Waals surface area (Å²) in [6.45, 7) is 2.50. The third-order valence-corrected chi connectivity index (χ3v) is 5.60. The number of nitrogens with two attached hydrogens (primary N) is 1. The minimum atomic E-state index is -0.270. The third kappa shape index (κ3) is 4.56. The first-order valence-corrected chi connectivity index (χ1v) is 10.0. The lowest BCUT2D eigenvalue weighted by Crippen LogP contribution is -2.37. The van der Waals surface area contributed by atoms with Crippen molar-refractivity contribution in [3.05, 3.63) is 43.8 Å². The Morgan fingerprint density at radius 1 is 1.54 bits per heavy atom. The van der Waals surface area contributed by atoms with Crippen LogP contribution in [0.2, 0.25) is 5.15 Å². The van der Waals surface area contributed by atoms with Crippen molar-refractivity contribution < 1.29 is 9.21 Å². The Hall–Kier alpha value is -1.61. The summed E-state index contributed by atoms with van der Waals surface area (Å²) in [4.78, 5) is 16.6. The van der Waals surface area contributed by atoms with E-state index in [2.05, 4.69) is 37.6 Å². The Morgan fingerprint density at radius 2 is 2.35 bits per heavy atom.